The van der Waals surface area contributed by atoms with Crippen LogP contribution in [0.3, 0.4) is 0 Å². The molecule has 2 aromatic carbocycles. The van der Waals surface area contributed by atoms with E-state index in [1.807, 2.05) is 38.1 Å². The SMILES string of the molecule is COc1ccc(COc2cnc(Cl)nc2Nc2ccc(F)cc2C(C)C)cc1. The molecule has 0 aliphatic heterocycles. The monoisotopic (exact) mass is 401 g/mol. The Hall–Kier alpha value is -2.86. The molecule has 5 nitrogen and oxygen atoms in total. The molecule has 3 rings (SSSR count). The molecular weight excluding hydrogens is 381 g/mol. The van der Waals surface area contributed by atoms with Crippen LogP contribution < -0.4 is 14.8 Å². The molecule has 146 valence electrons. The summed E-state index contributed by atoms with van der Waals surface area (Å²) in [6, 6.07) is 12.1. The molecule has 0 saturated carbocycles. The van der Waals surface area contributed by atoms with Gasteiger partial charge in [0.2, 0.25) is 5.28 Å². The maximum atomic E-state index is 13.6. The molecule has 0 unspecified atom stereocenters. The van der Waals surface area contributed by atoms with Gasteiger partial charge in [-0.25, -0.2) is 9.37 Å². The molecule has 1 aromatic heterocycles. The lowest BCUT2D eigenvalue weighted by atomic mass is 10.0. The van der Waals surface area contributed by atoms with E-state index in [-0.39, 0.29) is 17.0 Å². The van der Waals surface area contributed by atoms with E-state index in [1.165, 1.54) is 18.3 Å². The third kappa shape index (κ3) is 4.89. The van der Waals surface area contributed by atoms with Crippen LogP contribution in [0.25, 0.3) is 0 Å². The number of hydrogen-bond donors (Lipinski definition) is 1. The fourth-order valence-corrected chi connectivity index (χ4v) is 2.81. The van der Waals surface area contributed by atoms with Gasteiger partial charge < -0.3 is 14.8 Å². The Morgan fingerprint density at radius 2 is 1.89 bits per heavy atom. The highest BCUT2D eigenvalue weighted by atomic mass is 35.5. The second-order valence-electron chi connectivity index (χ2n) is 6.50. The molecule has 28 heavy (non-hydrogen) atoms. The Morgan fingerprint density at radius 1 is 1.14 bits per heavy atom. The summed E-state index contributed by atoms with van der Waals surface area (Å²) in [4.78, 5) is 8.24. The average Bonchev–Trinajstić information content (AvgIpc) is 2.69. The molecule has 0 spiro atoms. The molecule has 1 heterocycles. The lowest BCUT2D eigenvalue weighted by Crippen LogP contribution is -2.05. The van der Waals surface area contributed by atoms with Gasteiger partial charge in [0.1, 0.15) is 18.2 Å². The number of benzene rings is 2. The number of rotatable bonds is 7. The van der Waals surface area contributed by atoms with Crippen LogP contribution in [0.5, 0.6) is 11.5 Å². The largest absolute Gasteiger partial charge is 0.497 e. The smallest absolute Gasteiger partial charge is 0.224 e. The van der Waals surface area contributed by atoms with Gasteiger partial charge in [-0.3, -0.25) is 0 Å². The second kappa shape index (κ2) is 8.89. The lowest BCUT2D eigenvalue weighted by molar-refractivity contribution is 0.305. The summed E-state index contributed by atoms with van der Waals surface area (Å²) in [5, 5.41) is 3.29. The van der Waals surface area contributed by atoms with Crippen LogP contribution in [-0.2, 0) is 6.61 Å². The van der Waals surface area contributed by atoms with E-state index >= 15 is 0 Å². The zero-order chi connectivity index (χ0) is 20.1. The van der Waals surface area contributed by atoms with Crippen molar-refractivity contribution in [3.05, 3.63) is 70.9 Å². The number of anilines is 2. The van der Waals surface area contributed by atoms with Crippen molar-refractivity contribution < 1.29 is 13.9 Å². The summed E-state index contributed by atoms with van der Waals surface area (Å²) in [6.45, 7) is 4.31. The summed E-state index contributed by atoms with van der Waals surface area (Å²) in [6.07, 6.45) is 1.51. The maximum absolute atomic E-state index is 13.6. The Bertz CT molecular complexity index is 949. The Kier molecular flexibility index (Phi) is 6.31. The van der Waals surface area contributed by atoms with Crippen LogP contribution in [0.4, 0.5) is 15.9 Å². The van der Waals surface area contributed by atoms with Crippen LogP contribution >= 0.6 is 11.6 Å². The van der Waals surface area contributed by atoms with E-state index in [4.69, 9.17) is 21.1 Å². The normalized spacial score (nSPS) is 10.8. The molecule has 0 aliphatic carbocycles. The molecule has 0 amide bonds. The van der Waals surface area contributed by atoms with E-state index in [0.717, 1.165) is 22.6 Å². The van der Waals surface area contributed by atoms with Gasteiger partial charge in [-0.05, 0) is 59.0 Å². The van der Waals surface area contributed by atoms with Crippen molar-refractivity contribution in [1.29, 1.82) is 0 Å². The highest BCUT2D eigenvalue weighted by Gasteiger charge is 2.13. The highest BCUT2D eigenvalue weighted by molar-refractivity contribution is 6.28. The number of ether oxygens (including phenoxy) is 2. The summed E-state index contributed by atoms with van der Waals surface area (Å²) >= 11 is 5.97. The fraction of sp³-hybridized carbons (Fsp3) is 0.238. The predicted molar refractivity (Wildman–Crippen MR) is 108 cm³/mol. The van der Waals surface area contributed by atoms with Crippen molar-refractivity contribution >= 4 is 23.1 Å². The first-order valence-corrected chi connectivity index (χ1v) is 9.19. The van der Waals surface area contributed by atoms with E-state index in [1.54, 1.807) is 13.2 Å². The van der Waals surface area contributed by atoms with Crippen molar-refractivity contribution in [2.24, 2.45) is 0 Å². The Labute approximate surface area is 168 Å². The van der Waals surface area contributed by atoms with E-state index in [0.29, 0.717) is 18.2 Å². The van der Waals surface area contributed by atoms with E-state index in [9.17, 15) is 4.39 Å². The maximum Gasteiger partial charge on any atom is 0.224 e. The van der Waals surface area contributed by atoms with Crippen LogP contribution in [0.2, 0.25) is 5.28 Å². The molecule has 3 aromatic rings. The summed E-state index contributed by atoms with van der Waals surface area (Å²) in [5.41, 5.74) is 2.53. The molecule has 0 bridgehead atoms. The minimum Gasteiger partial charge on any atom is -0.497 e. The van der Waals surface area contributed by atoms with Gasteiger partial charge in [-0.1, -0.05) is 26.0 Å². The molecule has 0 radical (unpaired) electrons. The highest BCUT2D eigenvalue weighted by Crippen LogP contribution is 2.32. The Balaban J connectivity index is 1.83. The standard InChI is InChI=1S/C21H21ClFN3O2/c1-13(2)17-10-15(23)6-9-18(17)25-20-19(11-24-21(22)26-20)28-12-14-4-7-16(27-3)8-5-14/h4-11,13H,12H2,1-3H3,(H,24,25,26). The van der Waals surface area contributed by atoms with Crippen molar-refractivity contribution in [1.82, 2.24) is 9.97 Å². The quantitative estimate of drug-likeness (QED) is 0.513. The van der Waals surface area contributed by atoms with Crippen LogP contribution in [0, 0.1) is 5.82 Å². The molecule has 0 atom stereocenters. The van der Waals surface area contributed by atoms with Gasteiger partial charge in [0, 0.05) is 5.69 Å². The number of nitrogens with one attached hydrogen (secondary N) is 1. The van der Waals surface area contributed by atoms with Crippen molar-refractivity contribution in [2.75, 3.05) is 12.4 Å². The van der Waals surface area contributed by atoms with Gasteiger partial charge >= 0.3 is 0 Å². The topological polar surface area (TPSA) is 56.3 Å². The molecule has 0 aliphatic rings. The third-order valence-corrected chi connectivity index (χ3v) is 4.35. The first kappa shape index (κ1) is 19.9. The zero-order valence-electron chi connectivity index (χ0n) is 15.9. The molecule has 0 fully saturated rings. The van der Waals surface area contributed by atoms with Gasteiger partial charge in [0.25, 0.3) is 0 Å². The molecule has 7 heteroatoms. The predicted octanol–water partition coefficient (Wildman–Crippen LogP) is 5.72. The molecular formula is C21H21ClFN3O2. The lowest BCUT2D eigenvalue weighted by Gasteiger charge is -2.17. The Morgan fingerprint density at radius 3 is 2.57 bits per heavy atom. The van der Waals surface area contributed by atoms with Gasteiger partial charge in [0.15, 0.2) is 11.6 Å². The molecule has 0 saturated heterocycles. The van der Waals surface area contributed by atoms with Gasteiger partial charge in [-0.15, -0.1) is 0 Å². The first-order chi connectivity index (χ1) is 13.5. The zero-order valence-corrected chi connectivity index (χ0v) is 16.6. The van der Waals surface area contributed by atoms with Gasteiger partial charge in [-0.2, -0.15) is 4.98 Å². The third-order valence-electron chi connectivity index (χ3n) is 4.17. The van der Waals surface area contributed by atoms with Crippen LogP contribution in [-0.4, -0.2) is 17.1 Å². The second-order valence-corrected chi connectivity index (χ2v) is 6.84. The van der Waals surface area contributed by atoms with Gasteiger partial charge in [0.05, 0.1) is 13.3 Å². The van der Waals surface area contributed by atoms with Crippen LogP contribution in [0.1, 0.15) is 30.9 Å². The van der Waals surface area contributed by atoms with E-state index < -0.39 is 0 Å². The minimum absolute atomic E-state index is 0.0903. The molecule has 1 N–H and O–H groups in total. The van der Waals surface area contributed by atoms with Crippen LogP contribution in [0.15, 0.2) is 48.7 Å². The summed E-state index contributed by atoms with van der Waals surface area (Å²) in [7, 11) is 1.62. The number of aromatic nitrogens is 2. The van der Waals surface area contributed by atoms with Crippen molar-refractivity contribution in [3.63, 3.8) is 0 Å². The fourth-order valence-electron chi connectivity index (χ4n) is 2.68. The minimum atomic E-state index is -0.286. The average molecular weight is 402 g/mol. The number of hydrogen-bond acceptors (Lipinski definition) is 5. The number of nitrogens with zero attached hydrogens (tertiary/aromatic N) is 2. The first-order valence-electron chi connectivity index (χ1n) is 8.81. The van der Waals surface area contributed by atoms with Crippen molar-refractivity contribution in [3.8, 4) is 11.5 Å². The van der Waals surface area contributed by atoms with E-state index in [2.05, 4.69) is 15.3 Å². The van der Waals surface area contributed by atoms with Crippen molar-refractivity contribution in [2.45, 2.75) is 26.4 Å². The number of halogens is 2. The summed E-state index contributed by atoms with van der Waals surface area (Å²) < 4.78 is 24.7. The summed E-state index contributed by atoms with van der Waals surface area (Å²) in [5.74, 6) is 1.48. The number of methoxy groups -OCH3 is 1.